The number of hydrogen-bond acceptors (Lipinski definition) is 5. The molecule has 1 aromatic carbocycles. The summed E-state index contributed by atoms with van der Waals surface area (Å²) in [5.41, 5.74) is 5.75. The van der Waals surface area contributed by atoms with Gasteiger partial charge in [-0.1, -0.05) is 11.6 Å². The number of aryl methyl sites for hydroxylation is 3. The summed E-state index contributed by atoms with van der Waals surface area (Å²) in [5, 5.41) is 4.65. The number of fused-ring (bicyclic) bond motifs is 1. The summed E-state index contributed by atoms with van der Waals surface area (Å²) in [6, 6.07) is 6.67. The Kier molecular flexibility index (Phi) is 5.62. The van der Waals surface area contributed by atoms with E-state index in [1.54, 1.807) is 16.8 Å². The molecule has 0 unspecified atom stereocenters. The van der Waals surface area contributed by atoms with Gasteiger partial charge >= 0.3 is 0 Å². The van der Waals surface area contributed by atoms with Gasteiger partial charge in [0.2, 0.25) is 0 Å². The molecule has 4 heterocycles. The summed E-state index contributed by atoms with van der Waals surface area (Å²) in [6.45, 7) is 5.88. The van der Waals surface area contributed by atoms with Gasteiger partial charge in [-0.2, -0.15) is 5.10 Å². The first-order valence-corrected chi connectivity index (χ1v) is 11.4. The Balaban J connectivity index is 1.64. The summed E-state index contributed by atoms with van der Waals surface area (Å²) in [6.07, 6.45) is 5.38. The van der Waals surface area contributed by atoms with Crippen LogP contribution in [0.25, 0.3) is 22.3 Å². The zero-order chi connectivity index (χ0) is 23.3. The zero-order valence-corrected chi connectivity index (χ0v) is 19.8. The van der Waals surface area contributed by atoms with Crippen molar-refractivity contribution < 1.29 is 9.13 Å². The van der Waals surface area contributed by atoms with Crippen molar-refractivity contribution in [3.8, 4) is 11.1 Å². The van der Waals surface area contributed by atoms with Crippen molar-refractivity contribution in [2.24, 2.45) is 7.05 Å². The molecule has 1 aliphatic rings. The quantitative estimate of drug-likeness (QED) is 0.379. The summed E-state index contributed by atoms with van der Waals surface area (Å²) >= 11 is 6.01. The van der Waals surface area contributed by atoms with Crippen molar-refractivity contribution in [1.82, 2.24) is 24.7 Å². The second-order valence-corrected chi connectivity index (χ2v) is 9.27. The number of rotatable bonds is 3. The van der Waals surface area contributed by atoms with Gasteiger partial charge in [-0.3, -0.25) is 4.68 Å². The highest BCUT2D eigenvalue weighted by Crippen LogP contribution is 2.41. The van der Waals surface area contributed by atoms with Crippen LogP contribution in [0.15, 0.2) is 36.7 Å². The van der Waals surface area contributed by atoms with Crippen molar-refractivity contribution in [2.45, 2.75) is 51.7 Å². The molecular formula is C25H25ClFN5O. The fourth-order valence-corrected chi connectivity index (χ4v) is 4.71. The molecule has 1 fully saturated rings. The van der Waals surface area contributed by atoms with E-state index in [-0.39, 0.29) is 18.1 Å². The second-order valence-electron chi connectivity index (χ2n) is 8.84. The minimum atomic E-state index is -0.394. The number of ether oxygens (including phenoxy) is 1. The van der Waals surface area contributed by atoms with Crippen molar-refractivity contribution in [3.63, 3.8) is 0 Å². The Bertz CT molecular complexity index is 1350. The van der Waals surface area contributed by atoms with Gasteiger partial charge in [-0.05, 0) is 57.9 Å². The first kappa shape index (κ1) is 21.9. The average molecular weight is 466 g/mol. The Morgan fingerprint density at radius 1 is 1.06 bits per heavy atom. The predicted octanol–water partition coefficient (Wildman–Crippen LogP) is 5.86. The van der Waals surface area contributed by atoms with E-state index in [2.05, 4.69) is 12.0 Å². The Morgan fingerprint density at radius 3 is 2.58 bits per heavy atom. The number of benzene rings is 1. The van der Waals surface area contributed by atoms with Gasteiger partial charge < -0.3 is 4.74 Å². The molecule has 0 radical (unpaired) electrons. The van der Waals surface area contributed by atoms with Crippen LogP contribution in [0.2, 0.25) is 5.02 Å². The van der Waals surface area contributed by atoms with Gasteiger partial charge in [0.15, 0.2) is 5.65 Å². The highest BCUT2D eigenvalue weighted by atomic mass is 35.5. The third kappa shape index (κ3) is 4.23. The average Bonchev–Trinajstić information content (AvgIpc) is 3.20. The first-order chi connectivity index (χ1) is 15.8. The lowest BCUT2D eigenvalue weighted by Crippen LogP contribution is -2.25. The minimum Gasteiger partial charge on any atom is -0.370 e. The summed E-state index contributed by atoms with van der Waals surface area (Å²) in [5.74, 6) is -0.268. The van der Waals surface area contributed by atoms with Gasteiger partial charge in [0.05, 0.1) is 29.8 Å². The molecule has 33 heavy (non-hydrogen) atoms. The molecule has 5 rings (SSSR count). The second kappa shape index (κ2) is 8.47. The third-order valence-electron chi connectivity index (χ3n) is 6.32. The van der Waals surface area contributed by atoms with E-state index >= 15 is 0 Å². The number of hydrogen-bond donors (Lipinski definition) is 0. The van der Waals surface area contributed by atoms with Crippen LogP contribution in [0.4, 0.5) is 4.39 Å². The predicted molar refractivity (Wildman–Crippen MR) is 126 cm³/mol. The van der Waals surface area contributed by atoms with Gasteiger partial charge in [0, 0.05) is 46.6 Å². The molecule has 4 aromatic rings. The minimum absolute atomic E-state index is 0.0491. The number of nitrogens with zero attached hydrogens (tertiary/aromatic N) is 5. The molecule has 8 heteroatoms. The maximum atomic E-state index is 15.0. The van der Waals surface area contributed by atoms with Crippen molar-refractivity contribution in [1.29, 1.82) is 0 Å². The molecule has 0 amide bonds. The normalized spacial score (nSPS) is 21.0. The Labute approximate surface area is 196 Å². The maximum absolute atomic E-state index is 15.0. The lowest BCUT2D eigenvalue weighted by atomic mass is 9.86. The van der Waals surface area contributed by atoms with E-state index in [0.29, 0.717) is 27.3 Å². The van der Waals surface area contributed by atoms with Crippen LogP contribution < -0.4 is 0 Å². The summed E-state index contributed by atoms with van der Waals surface area (Å²) < 4.78 is 23.0. The van der Waals surface area contributed by atoms with Crippen LogP contribution in [0.3, 0.4) is 0 Å². The van der Waals surface area contributed by atoms with Gasteiger partial charge in [-0.15, -0.1) is 0 Å². The van der Waals surface area contributed by atoms with Crippen molar-refractivity contribution in [3.05, 3.63) is 70.1 Å². The van der Waals surface area contributed by atoms with E-state index in [0.717, 1.165) is 35.5 Å². The monoisotopic (exact) mass is 465 g/mol. The smallest absolute Gasteiger partial charge is 0.179 e. The molecule has 1 saturated heterocycles. The fraction of sp³-hybridized carbons (Fsp3) is 0.360. The van der Waals surface area contributed by atoms with Gasteiger partial charge in [-0.25, -0.2) is 19.3 Å². The lowest BCUT2D eigenvalue weighted by Gasteiger charge is -2.33. The van der Waals surface area contributed by atoms with Gasteiger partial charge in [0.1, 0.15) is 11.3 Å². The van der Waals surface area contributed by atoms with E-state index < -0.39 is 5.82 Å². The summed E-state index contributed by atoms with van der Waals surface area (Å²) in [4.78, 5) is 14.3. The molecule has 0 aliphatic carbocycles. The fourth-order valence-electron chi connectivity index (χ4n) is 4.55. The SMILES string of the molecule is Cc1nc2nc([C@H]3C[C@H](C)O[C@@H](c4cnn(C)c4)C3)cc(-c3ccc(Cl)cc3F)c2nc1C. The van der Waals surface area contributed by atoms with Crippen LogP contribution in [0.1, 0.15) is 54.4 Å². The molecule has 170 valence electrons. The van der Waals surface area contributed by atoms with Crippen molar-refractivity contribution in [2.75, 3.05) is 0 Å². The molecule has 1 aliphatic heterocycles. The van der Waals surface area contributed by atoms with Crippen LogP contribution in [-0.2, 0) is 11.8 Å². The van der Waals surface area contributed by atoms with Crippen LogP contribution in [0, 0.1) is 19.7 Å². The van der Waals surface area contributed by atoms with E-state index in [1.165, 1.54) is 6.07 Å². The molecule has 3 atom stereocenters. The van der Waals surface area contributed by atoms with Gasteiger partial charge in [0.25, 0.3) is 0 Å². The highest BCUT2D eigenvalue weighted by molar-refractivity contribution is 6.30. The molecule has 0 N–H and O–H groups in total. The largest absolute Gasteiger partial charge is 0.370 e. The molecule has 0 saturated carbocycles. The molecule has 0 bridgehead atoms. The van der Waals surface area contributed by atoms with E-state index in [1.807, 2.05) is 39.4 Å². The molecular weight excluding hydrogens is 441 g/mol. The molecule has 0 spiro atoms. The van der Waals surface area contributed by atoms with E-state index in [9.17, 15) is 4.39 Å². The Morgan fingerprint density at radius 2 is 1.85 bits per heavy atom. The van der Waals surface area contributed by atoms with Crippen LogP contribution in [0.5, 0.6) is 0 Å². The topological polar surface area (TPSA) is 65.7 Å². The van der Waals surface area contributed by atoms with Crippen LogP contribution >= 0.6 is 11.6 Å². The Hall–Kier alpha value is -2.90. The molecule has 6 nitrogen and oxygen atoms in total. The third-order valence-corrected chi connectivity index (χ3v) is 6.55. The number of pyridine rings is 1. The van der Waals surface area contributed by atoms with Crippen LogP contribution in [-0.4, -0.2) is 30.8 Å². The lowest BCUT2D eigenvalue weighted by molar-refractivity contribution is -0.0505. The standard InChI is InChI=1S/C25H25ClFN5O/c1-13-7-16(8-23(33-13)17-11-28-32(4)12-17)22-10-20(19-6-5-18(26)9-21(19)27)24-25(31-22)30-15(3)14(2)29-24/h5-6,9-13,16,23H,7-8H2,1-4H3/t13-,16-,23+/m0/s1. The maximum Gasteiger partial charge on any atom is 0.179 e. The molecule has 3 aromatic heterocycles. The van der Waals surface area contributed by atoms with E-state index in [4.69, 9.17) is 31.3 Å². The number of halogens is 2. The number of aromatic nitrogens is 5. The first-order valence-electron chi connectivity index (χ1n) is 11.0. The zero-order valence-electron chi connectivity index (χ0n) is 19.0. The van der Waals surface area contributed by atoms with Crippen molar-refractivity contribution >= 4 is 22.8 Å². The summed E-state index contributed by atoms with van der Waals surface area (Å²) in [7, 11) is 1.90. The highest BCUT2D eigenvalue weighted by Gasteiger charge is 2.31.